The number of benzene rings is 1. The van der Waals surface area contributed by atoms with Gasteiger partial charge >= 0.3 is 0 Å². The summed E-state index contributed by atoms with van der Waals surface area (Å²) in [5.41, 5.74) is 1.86. The van der Waals surface area contributed by atoms with Gasteiger partial charge in [0.05, 0.1) is 6.04 Å². The van der Waals surface area contributed by atoms with Crippen LogP contribution in [-0.4, -0.2) is 41.2 Å². The third-order valence-corrected chi connectivity index (χ3v) is 5.44. The number of hydrogen-bond acceptors (Lipinski definition) is 3. The summed E-state index contributed by atoms with van der Waals surface area (Å²) < 4.78 is 0. The molecule has 0 bridgehead atoms. The Balaban J connectivity index is 1.63. The minimum absolute atomic E-state index is 0.0175. The maximum Gasteiger partial charge on any atom is 0.254 e. The molecule has 5 heteroatoms. The van der Waals surface area contributed by atoms with Crippen LogP contribution in [0.3, 0.4) is 0 Å². The molecule has 2 amide bonds. The molecular weight excluding hydrogens is 296 g/mol. The van der Waals surface area contributed by atoms with Crippen LogP contribution < -0.4 is 0 Å². The van der Waals surface area contributed by atoms with Crippen molar-refractivity contribution in [3.05, 3.63) is 57.8 Å². The topological polar surface area (TPSA) is 40.6 Å². The smallest absolute Gasteiger partial charge is 0.254 e. The fraction of sp³-hybridized carbons (Fsp3) is 0.294. The summed E-state index contributed by atoms with van der Waals surface area (Å²) in [7, 11) is 0. The summed E-state index contributed by atoms with van der Waals surface area (Å²) in [5.74, 6) is -0.00617. The zero-order valence-corrected chi connectivity index (χ0v) is 12.9. The first-order chi connectivity index (χ1) is 10.7. The van der Waals surface area contributed by atoms with Gasteiger partial charge in [-0.05, 0) is 35.6 Å². The average molecular weight is 312 g/mol. The van der Waals surface area contributed by atoms with Crippen molar-refractivity contribution >= 4 is 23.2 Å². The van der Waals surface area contributed by atoms with Gasteiger partial charge in [0.25, 0.3) is 5.91 Å². The van der Waals surface area contributed by atoms with E-state index in [9.17, 15) is 9.59 Å². The molecule has 1 saturated heterocycles. The van der Waals surface area contributed by atoms with Crippen LogP contribution in [-0.2, 0) is 11.2 Å². The van der Waals surface area contributed by atoms with E-state index < -0.39 is 0 Å². The highest BCUT2D eigenvalue weighted by Crippen LogP contribution is 2.36. The van der Waals surface area contributed by atoms with Gasteiger partial charge in [-0.25, -0.2) is 0 Å². The first kappa shape index (κ1) is 13.5. The molecule has 2 aromatic rings. The molecule has 4 nitrogen and oxygen atoms in total. The van der Waals surface area contributed by atoms with E-state index in [2.05, 4.69) is 11.4 Å². The molecule has 0 saturated carbocycles. The molecule has 1 unspecified atom stereocenters. The molecule has 1 atom stereocenters. The highest BCUT2D eigenvalue weighted by molar-refractivity contribution is 7.10. The van der Waals surface area contributed by atoms with E-state index in [0.717, 1.165) is 13.0 Å². The summed E-state index contributed by atoms with van der Waals surface area (Å²) in [4.78, 5) is 30.0. The van der Waals surface area contributed by atoms with E-state index >= 15 is 0 Å². The third-order valence-electron chi connectivity index (χ3n) is 4.44. The number of nitrogens with zero attached hydrogens (tertiary/aromatic N) is 2. The second-order valence-corrected chi connectivity index (χ2v) is 6.70. The molecule has 0 radical (unpaired) electrons. The van der Waals surface area contributed by atoms with Gasteiger partial charge in [0.1, 0.15) is 6.54 Å². The van der Waals surface area contributed by atoms with Gasteiger partial charge in [0.2, 0.25) is 5.91 Å². The predicted octanol–water partition coefficient (Wildman–Crippen LogP) is 2.33. The standard InChI is InChI=1S/C17H16N2O2S/c20-16-11-18(17(21)12-4-2-1-3-5-12)10-14-13-7-9-22-15(13)6-8-19(14)16/h1-5,7,9,14H,6,8,10-11H2. The van der Waals surface area contributed by atoms with Gasteiger partial charge in [0, 0.05) is 23.5 Å². The molecule has 22 heavy (non-hydrogen) atoms. The SMILES string of the molecule is O=C(c1ccccc1)N1CC(=O)N2CCc3sccc3C2C1. The predicted molar refractivity (Wildman–Crippen MR) is 84.8 cm³/mol. The maximum atomic E-state index is 12.6. The molecule has 0 aliphatic carbocycles. The van der Waals surface area contributed by atoms with Crippen molar-refractivity contribution in [3.63, 3.8) is 0 Å². The minimum Gasteiger partial charge on any atom is -0.332 e. The Morgan fingerprint density at radius 3 is 2.82 bits per heavy atom. The lowest BCUT2D eigenvalue weighted by Gasteiger charge is -2.43. The Morgan fingerprint density at radius 2 is 2.00 bits per heavy atom. The average Bonchev–Trinajstić information content (AvgIpc) is 3.04. The Hall–Kier alpha value is -2.14. The molecule has 3 heterocycles. The Bertz CT molecular complexity index is 725. The van der Waals surface area contributed by atoms with Crippen molar-refractivity contribution < 1.29 is 9.59 Å². The van der Waals surface area contributed by atoms with Crippen LogP contribution in [0.25, 0.3) is 0 Å². The van der Waals surface area contributed by atoms with Crippen LogP contribution >= 0.6 is 11.3 Å². The van der Waals surface area contributed by atoms with Crippen LogP contribution in [0.15, 0.2) is 41.8 Å². The van der Waals surface area contributed by atoms with Crippen LogP contribution in [0.4, 0.5) is 0 Å². The van der Waals surface area contributed by atoms with Crippen LogP contribution in [0.1, 0.15) is 26.8 Å². The number of hydrogen-bond donors (Lipinski definition) is 0. The highest BCUT2D eigenvalue weighted by Gasteiger charge is 2.39. The van der Waals surface area contributed by atoms with E-state index in [1.165, 1.54) is 10.4 Å². The van der Waals surface area contributed by atoms with Crippen molar-refractivity contribution in [2.75, 3.05) is 19.6 Å². The number of thiophene rings is 1. The van der Waals surface area contributed by atoms with Crippen molar-refractivity contribution in [2.24, 2.45) is 0 Å². The summed E-state index contributed by atoms with van der Waals surface area (Å²) in [6.45, 7) is 1.54. The lowest BCUT2D eigenvalue weighted by atomic mass is 9.96. The first-order valence-electron chi connectivity index (χ1n) is 7.44. The Morgan fingerprint density at radius 1 is 1.18 bits per heavy atom. The molecule has 2 aliphatic rings. The maximum absolute atomic E-state index is 12.6. The first-order valence-corrected chi connectivity index (χ1v) is 8.32. The normalized spacial score (nSPS) is 20.5. The molecule has 0 spiro atoms. The largest absolute Gasteiger partial charge is 0.332 e. The molecule has 2 aliphatic heterocycles. The molecule has 1 aromatic carbocycles. The third kappa shape index (κ3) is 2.13. The zero-order valence-electron chi connectivity index (χ0n) is 12.1. The summed E-state index contributed by atoms with van der Waals surface area (Å²) in [6.07, 6.45) is 0.932. The number of amides is 2. The highest BCUT2D eigenvalue weighted by atomic mass is 32.1. The van der Waals surface area contributed by atoms with Gasteiger partial charge in [0.15, 0.2) is 0 Å². The quantitative estimate of drug-likeness (QED) is 0.811. The van der Waals surface area contributed by atoms with Gasteiger partial charge < -0.3 is 9.80 Å². The Labute approximate surface area is 133 Å². The van der Waals surface area contributed by atoms with Crippen molar-refractivity contribution in [3.8, 4) is 0 Å². The molecule has 0 N–H and O–H groups in total. The summed E-state index contributed by atoms with van der Waals surface area (Å²) in [5, 5.41) is 2.08. The lowest BCUT2D eigenvalue weighted by molar-refractivity contribution is -0.139. The number of piperazine rings is 1. The van der Waals surface area contributed by atoms with Gasteiger partial charge in [-0.3, -0.25) is 9.59 Å². The van der Waals surface area contributed by atoms with E-state index in [1.54, 1.807) is 28.4 Å². The summed E-state index contributed by atoms with van der Waals surface area (Å²) in [6, 6.07) is 11.3. The minimum atomic E-state index is -0.0593. The number of carbonyl (C=O) groups is 2. The second-order valence-electron chi connectivity index (χ2n) is 5.70. The Kier molecular flexibility index (Phi) is 3.22. The molecule has 4 rings (SSSR count). The van der Waals surface area contributed by atoms with E-state index in [-0.39, 0.29) is 24.4 Å². The van der Waals surface area contributed by atoms with Crippen molar-refractivity contribution in [1.82, 2.24) is 9.80 Å². The van der Waals surface area contributed by atoms with Crippen molar-refractivity contribution in [1.29, 1.82) is 0 Å². The van der Waals surface area contributed by atoms with E-state index in [0.29, 0.717) is 12.1 Å². The number of fused-ring (bicyclic) bond motifs is 3. The fourth-order valence-corrected chi connectivity index (χ4v) is 4.27. The van der Waals surface area contributed by atoms with Crippen molar-refractivity contribution in [2.45, 2.75) is 12.5 Å². The monoisotopic (exact) mass is 312 g/mol. The molecule has 1 fully saturated rings. The van der Waals surface area contributed by atoms with Gasteiger partial charge in [-0.15, -0.1) is 11.3 Å². The van der Waals surface area contributed by atoms with Gasteiger partial charge in [-0.2, -0.15) is 0 Å². The molecular formula is C17H16N2O2S. The van der Waals surface area contributed by atoms with Crippen LogP contribution in [0, 0.1) is 0 Å². The number of rotatable bonds is 1. The zero-order chi connectivity index (χ0) is 15.1. The van der Waals surface area contributed by atoms with Gasteiger partial charge in [-0.1, -0.05) is 18.2 Å². The van der Waals surface area contributed by atoms with Crippen LogP contribution in [0.2, 0.25) is 0 Å². The fourth-order valence-electron chi connectivity index (χ4n) is 3.34. The summed E-state index contributed by atoms with van der Waals surface area (Å²) >= 11 is 1.75. The molecule has 112 valence electrons. The van der Waals surface area contributed by atoms with E-state index in [1.807, 2.05) is 23.1 Å². The van der Waals surface area contributed by atoms with Crippen LogP contribution in [0.5, 0.6) is 0 Å². The lowest BCUT2D eigenvalue weighted by Crippen LogP contribution is -2.55. The number of carbonyl (C=O) groups excluding carboxylic acids is 2. The molecule has 1 aromatic heterocycles. The second kappa shape index (κ2) is 5.25. The van der Waals surface area contributed by atoms with E-state index in [4.69, 9.17) is 0 Å².